The fourth-order valence-electron chi connectivity index (χ4n) is 3.48. The van der Waals surface area contributed by atoms with Crippen LogP contribution in [-0.4, -0.2) is 56.2 Å². The van der Waals surface area contributed by atoms with Crippen molar-refractivity contribution >= 4 is 15.9 Å². The normalized spacial score (nSPS) is 29.3. The van der Waals surface area contributed by atoms with Crippen LogP contribution in [0.2, 0.25) is 0 Å². The second kappa shape index (κ2) is 7.62. The average molecular weight is 384 g/mol. The number of nitrogens with zero attached hydrogens (tertiary/aromatic N) is 1. The number of carbonyl (C=O) groups is 1. The molecular formula is C18H25FN2O4S. The minimum Gasteiger partial charge on any atom is -0.373 e. The molecule has 1 aromatic rings. The summed E-state index contributed by atoms with van der Waals surface area (Å²) < 4.78 is 44.8. The highest BCUT2D eigenvalue weighted by Gasteiger charge is 2.43. The summed E-state index contributed by atoms with van der Waals surface area (Å²) in [4.78, 5) is 12.2. The number of nitrogens with one attached hydrogen (secondary N) is 1. The summed E-state index contributed by atoms with van der Waals surface area (Å²) in [6, 6.07) is 6.16. The van der Waals surface area contributed by atoms with Crippen molar-refractivity contribution in [2.45, 2.75) is 38.4 Å². The molecule has 2 fully saturated rings. The first kappa shape index (κ1) is 19.3. The monoisotopic (exact) mass is 384 g/mol. The Morgan fingerprint density at radius 3 is 2.46 bits per heavy atom. The van der Waals surface area contributed by atoms with Crippen molar-refractivity contribution in [3.63, 3.8) is 0 Å². The number of hydrogen-bond acceptors (Lipinski definition) is 4. The molecule has 8 heteroatoms. The third-order valence-electron chi connectivity index (χ3n) is 4.86. The Morgan fingerprint density at radius 1 is 1.23 bits per heavy atom. The lowest BCUT2D eigenvalue weighted by atomic mass is 10.1. The van der Waals surface area contributed by atoms with E-state index in [0.29, 0.717) is 19.5 Å². The molecule has 3 rings (SSSR count). The molecule has 2 aliphatic rings. The first-order valence-electron chi connectivity index (χ1n) is 8.92. The number of benzene rings is 1. The van der Waals surface area contributed by atoms with Gasteiger partial charge in [-0.3, -0.25) is 4.79 Å². The van der Waals surface area contributed by atoms with Crippen molar-refractivity contribution < 1.29 is 22.3 Å². The van der Waals surface area contributed by atoms with E-state index in [1.165, 1.54) is 16.4 Å². The van der Waals surface area contributed by atoms with Gasteiger partial charge in [-0.05, 0) is 43.9 Å². The Morgan fingerprint density at radius 2 is 1.85 bits per heavy atom. The second-order valence-corrected chi connectivity index (χ2v) is 9.27. The Bertz CT molecular complexity index is 743. The van der Waals surface area contributed by atoms with Crippen molar-refractivity contribution in [1.82, 2.24) is 9.62 Å². The van der Waals surface area contributed by atoms with Gasteiger partial charge < -0.3 is 10.1 Å². The van der Waals surface area contributed by atoms with Gasteiger partial charge >= 0.3 is 0 Å². The van der Waals surface area contributed by atoms with Crippen LogP contribution >= 0.6 is 0 Å². The average Bonchev–Trinajstić information content (AvgIpc) is 3.35. The number of ether oxygens (including phenoxy) is 1. The summed E-state index contributed by atoms with van der Waals surface area (Å²) in [5.41, 5.74) is 0.940. The maximum atomic E-state index is 13.0. The predicted molar refractivity (Wildman–Crippen MR) is 95.6 cm³/mol. The predicted octanol–water partition coefficient (Wildman–Crippen LogP) is 1.48. The van der Waals surface area contributed by atoms with Crippen LogP contribution in [0.3, 0.4) is 0 Å². The SMILES string of the molecule is C[C@@H]1CN(S(=O)(=O)CCNC(=O)[C@@H]2C[C@@H]2c2ccc(F)cc2)C[C@H](C)O1. The standard InChI is InChI=1S/C18H25FN2O4S/c1-12-10-21(11-13(2)25-12)26(23,24)8-7-20-18(22)17-9-16(17)14-3-5-15(19)6-4-14/h3-6,12-13,16-17H,7-11H2,1-2H3,(H,20,22)/t12-,13+,16-,17-/m1/s1. The van der Waals surface area contributed by atoms with E-state index in [4.69, 9.17) is 4.74 Å². The maximum absolute atomic E-state index is 13.0. The molecule has 1 saturated heterocycles. The van der Waals surface area contributed by atoms with Crippen LogP contribution in [0.25, 0.3) is 0 Å². The van der Waals surface area contributed by atoms with Crippen molar-refractivity contribution in [3.8, 4) is 0 Å². The zero-order valence-corrected chi connectivity index (χ0v) is 15.8. The van der Waals surface area contributed by atoms with Gasteiger partial charge in [-0.1, -0.05) is 12.1 Å². The number of amides is 1. The lowest BCUT2D eigenvalue weighted by Crippen LogP contribution is -2.49. The Labute approximate surface area is 153 Å². The van der Waals surface area contributed by atoms with E-state index in [2.05, 4.69) is 5.32 Å². The van der Waals surface area contributed by atoms with Crippen LogP contribution in [0.15, 0.2) is 24.3 Å². The first-order chi connectivity index (χ1) is 12.3. The highest BCUT2D eigenvalue weighted by atomic mass is 32.2. The van der Waals surface area contributed by atoms with Gasteiger partial charge in [0.15, 0.2) is 0 Å². The van der Waals surface area contributed by atoms with Crippen LogP contribution in [0.1, 0.15) is 31.7 Å². The highest BCUT2D eigenvalue weighted by molar-refractivity contribution is 7.89. The number of halogens is 1. The molecule has 1 aliphatic heterocycles. The number of hydrogen-bond donors (Lipinski definition) is 1. The van der Waals surface area contributed by atoms with Gasteiger partial charge in [0, 0.05) is 25.6 Å². The molecule has 6 nitrogen and oxygen atoms in total. The third kappa shape index (κ3) is 4.61. The molecule has 0 spiro atoms. The molecule has 0 radical (unpaired) electrons. The molecule has 0 unspecified atom stereocenters. The molecule has 1 N–H and O–H groups in total. The first-order valence-corrected chi connectivity index (χ1v) is 10.5. The number of sulfonamides is 1. The molecule has 144 valence electrons. The molecule has 1 heterocycles. The van der Waals surface area contributed by atoms with Gasteiger partial charge in [-0.15, -0.1) is 0 Å². The Balaban J connectivity index is 1.46. The maximum Gasteiger partial charge on any atom is 0.223 e. The van der Waals surface area contributed by atoms with E-state index < -0.39 is 10.0 Å². The smallest absolute Gasteiger partial charge is 0.223 e. The van der Waals surface area contributed by atoms with Crippen molar-refractivity contribution in [1.29, 1.82) is 0 Å². The molecule has 1 amide bonds. The van der Waals surface area contributed by atoms with E-state index in [-0.39, 0.29) is 48.1 Å². The van der Waals surface area contributed by atoms with Crippen LogP contribution in [0, 0.1) is 11.7 Å². The fraction of sp³-hybridized carbons (Fsp3) is 0.611. The molecule has 4 atom stereocenters. The Hall–Kier alpha value is -1.51. The molecule has 26 heavy (non-hydrogen) atoms. The van der Waals surface area contributed by atoms with Crippen LogP contribution < -0.4 is 5.32 Å². The van der Waals surface area contributed by atoms with E-state index in [9.17, 15) is 17.6 Å². The van der Waals surface area contributed by atoms with E-state index in [0.717, 1.165) is 5.56 Å². The van der Waals surface area contributed by atoms with Gasteiger partial charge in [0.2, 0.25) is 15.9 Å². The van der Waals surface area contributed by atoms with Crippen LogP contribution in [0.4, 0.5) is 4.39 Å². The molecule has 1 aromatic carbocycles. The lowest BCUT2D eigenvalue weighted by molar-refractivity contribution is -0.122. The van der Waals surface area contributed by atoms with Gasteiger partial charge in [0.25, 0.3) is 0 Å². The van der Waals surface area contributed by atoms with E-state index >= 15 is 0 Å². The van der Waals surface area contributed by atoms with E-state index in [1.807, 2.05) is 13.8 Å². The Kier molecular flexibility index (Phi) is 5.64. The molecule has 0 bridgehead atoms. The summed E-state index contributed by atoms with van der Waals surface area (Å²) >= 11 is 0. The third-order valence-corrected chi connectivity index (χ3v) is 6.67. The molecule has 1 saturated carbocycles. The topological polar surface area (TPSA) is 75.7 Å². The summed E-state index contributed by atoms with van der Waals surface area (Å²) in [7, 11) is -3.42. The summed E-state index contributed by atoms with van der Waals surface area (Å²) in [6.07, 6.45) is 0.444. The zero-order valence-electron chi connectivity index (χ0n) is 15.0. The minimum atomic E-state index is -3.42. The second-order valence-electron chi connectivity index (χ2n) is 7.18. The minimum absolute atomic E-state index is 0.0909. The highest BCUT2D eigenvalue weighted by Crippen LogP contribution is 2.47. The largest absolute Gasteiger partial charge is 0.373 e. The summed E-state index contributed by atoms with van der Waals surface area (Å²) in [6.45, 7) is 4.48. The summed E-state index contributed by atoms with van der Waals surface area (Å²) in [5, 5.41) is 2.72. The number of carbonyl (C=O) groups excluding carboxylic acids is 1. The van der Waals surface area contributed by atoms with E-state index in [1.54, 1.807) is 12.1 Å². The van der Waals surface area contributed by atoms with Crippen molar-refractivity contribution in [3.05, 3.63) is 35.6 Å². The molecule has 0 aromatic heterocycles. The fourth-order valence-corrected chi connectivity index (χ4v) is 4.98. The van der Waals surface area contributed by atoms with Gasteiger partial charge in [0.1, 0.15) is 5.82 Å². The van der Waals surface area contributed by atoms with Crippen LogP contribution in [0.5, 0.6) is 0 Å². The number of morpholine rings is 1. The van der Waals surface area contributed by atoms with Crippen molar-refractivity contribution in [2.24, 2.45) is 5.92 Å². The van der Waals surface area contributed by atoms with Crippen molar-refractivity contribution in [2.75, 3.05) is 25.4 Å². The lowest BCUT2D eigenvalue weighted by Gasteiger charge is -2.34. The van der Waals surface area contributed by atoms with Crippen LogP contribution in [-0.2, 0) is 19.6 Å². The molecule has 1 aliphatic carbocycles. The summed E-state index contributed by atoms with van der Waals surface area (Å²) in [5.74, 6) is -0.628. The molecular weight excluding hydrogens is 359 g/mol. The zero-order chi connectivity index (χ0) is 18.9. The van der Waals surface area contributed by atoms with Gasteiger partial charge in [0.05, 0.1) is 18.0 Å². The van der Waals surface area contributed by atoms with Gasteiger partial charge in [-0.25, -0.2) is 12.8 Å². The quantitative estimate of drug-likeness (QED) is 0.806. The number of rotatable bonds is 6. The van der Waals surface area contributed by atoms with Gasteiger partial charge in [-0.2, -0.15) is 4.31 Å².